The minimum atomic E-state index is -0.456. The molecule has 0 saturated carbocycles. The van der Waals surface area contributed by atoms with Gasteiger partial charge in [-0.25, -0.2) is 4.79 Å². The van der Waals surface area contributed by atoms with Crippen molar-refractivity contribution >= 4 is 10.8 Å². The van der Waals surface area contributed by atoms with E-state index in [1.165, 1.54) is 11.7 Å². The van der Waals surface area contributed by atoms with Crippen molar-refractivity contribution in [2.24, 2.45) is 7.05 Å². The number of rotatable bonds is 6. The molecular formula is C27H29N3O5. The zero-order valence-corrected chi connectivity index (χ0v) is 20.7. The minimum absolute atomic E-state index is 0.263. The second-order valence-electron chi connectivity index (χ2n) is 9.38. The minimum Gasteiger partial charge on any atom is -0.496 e. The van der Waals surface area contributed by atoms with Crippen LogP contribution in [-0.2, 0) is 17.3 Å². The van der Waals surface area contributed by atoms with E-state index < -0.39 is 11.2 Å². The standard InChI is InChI=1S/C27H29N3O5/c1-27(2,3)23-14-19(22-15-30(4)26(32)28-25(22)31)13-21(24(23)33-5)18-8-7-17-12-20(35-29-34-6)10-9-16(17)11-18/h7-15,29H,1-6H3,(H,28,31,32). The van der Waals surface area contributed by atoms with Gasteiger partial charge in [0.15, 0.2) is 5.75 Å². The fraction of sp³-hybridized carbons (Fsp3) is 0.259. The zero-order chi connectivity index (χ0) is 25.3. The number of fused-ring (bicyclic) bond motifs is 1. The summed E-state index contributed by atoms with van der Waals surface area (Å²) < 4.78 is 7.28. The van der Waals surface area contributed by atoms with Crippen LogP contribution in [0.2, 0.25) is 0 Å². The Hall–Kier alpha value is -3.88. The van der Waals surface area contributed by atoms with Gasteiger partial charge in [-0.15, -0.1) is 0 Å². The number of aromatic nitrogens is 2. The van der Waals surface area contributed by atoms with Gasteiger partial charge < -0.3 is 14.1 Å². The molecule has 0 saturated heterocycles. The summed E-state index contributed by atoms with van der Waals surface area (Å²) in [6, 6.07) is 15.7. The summed E-state index contributed by atoms with van der Waals surface area (Å²) in [7, 11) is 4.74. The van der Waals surface area contributed by atoms with Crippen LogP contribution in [-0.4, -0.2) is 23.8 Å². The molecule has 4 aromatic rings. The number of methoxy groups -OCH3 is 1. The summed E-state index contributed by atoms with van der Waals surface area (Å²) >= 11 is 0. The first-order valence-electron chi connectivity index (χ1n) is 11.1. The van der Waals surface area contributed by atoms with Crippen molar-refractivity contribution < 1.29 is 14.4 Å². The molecule has 0 amide bonds. The van der Waals surface area contributed by atoms with Gasteiger partial charge in [0.2, 0.25) is 0 Å². The molecule has 0 fully saturated rings. The number of aromatic amines is 1. The van der Waals surface area contributed by atoms with Crippen LogP contribution in [0.3, 0.4) is 0 Å². The largest absolute Gasteiger partial charge is 0.496 e. The Kier molecular flexibility index (Phi) is 6.51. The number of nitrogens with zero attached hydrogens (tertiary/aromatic N) is 1. The first-order chi connectivity index (χ1) is 16.6. The zero-order valence-electron chi connectivity index (χ0n) is 20.7. The first-order valence-corrected chi connectivity index (χ1v) is 11.1. The highest BCUT2D eigenvalue weighted by molar-refractivity contribution is 5.90. The molecule has 0 aliphatic carbocycles. The third-order valence-corrected chi connectivity index (χ3v) is 5.89. The smallest absolute Gasteiger partial charge is 0.328 e. The lowest BCUT2D eigenvalue weighted by molar-refractivity contribution is -0.0795. The Labute approximate surface area is 203 Å². The third kappa shape index (κ3) is 4.84. The molecule has 8 heteroatoms. The normalized spacial score (nSPS) is 11.6. The molecule has 0 aliphatic rings. The Balaban J connectivity index is 1.94. The summed E-state index contributed by atoms with van der Waals surface area (Å²) in [5.41, 5.74) is 5.08. The van der Waals surface area contributed by atoms with E-state index in [0.29, 0.717) is 16.9 Å². The summed E-state index contributed by atoms with van der Waals surface area (Å²) in [5, 5.41) is 2.00. The molecule has 0 radical (unpaired) electrons. The van der Waals surface area contributed by atoms with E-state index in [1.54, 1.807) is 20.4 Å². The van der Waals surface area contributed by atoms with E-state index in [9.17, 15) is 9.59 Å². The van der Waals surface area contributed by atoms with Crippen LogP contribution in [0.4, 0.5) is 0 Å². The van der Waals surface area contributed by atoms with Gasteiger partial charge in [-0.3, -0.25) is 14.6 Å². The van der Waals surface area contributed by atoms with Crippen LogP contribution in [0, 0.1) is 0 Å². The van der Waals surface area contributed by atoms with Crippen molar-refractivity contribution in [1.29, 1.82) is 0 Å². The quantitative estimate of drug-likeness (QED) is 0.404. The predicted molar refractivity (Wildman–Crippen MR) is 137 cm³/mol. The molecule has 0 aliphatic heterocycles. The third-order valence-electron chi connectivity index (χ3n) is 5.89. The van der Waals surface area contributed by atoms with Crippen molar-refractivity contribution in [3.05, 3.63) is 81.1 Å². The lowest BCUT2D eigenvalue weighted by atomic mass is 9.82. The molecule has 0 bridgehead atoms. The number of hydrogen-bond donors (Lipinski definition) is 2. The SMILES string of the molecule is CONOc1ccc2cc(-c3cc(-c4cn(C)c(=O)[nH]c4=O)cc(C(C)(C)C)c3OC)ccc2c1. The van der Waals surface area contributed by atoms with Crippen LogP contribution in [0.1, 0.15) is 26.3 Å². The van der Waals surface area contributed by atoms with E-state index in [1.807, 2.05) is 42.5 Å². The lowest BCUT2D eigenvalue weighted by Gasteiger charge is -2.25. The van der Waals surface area contributed by atoms with Gasteiger partial charge in [0.1, 0.15) is 5.75 Å². The number of ether oxygens (including phenoxy) is 1. The number of H-pyrrole nitrogens is 1. The Morgan fingerprint density at radius 3 is 2.29 bits per heavy atom. The highest BCUT2D eigenvalue weighted by Crippen LogP contribution is 2.42. The molecule has 2 N–H and O–H groups in total. The lowest BCUT2D eigenvalue weighted by Crippen LogP contribution is -2.28. The summed E-state index contributed by atoms with van der Waals surface area (Å²) in [6.07, 6.45) is 1.56. The van der Waals surface area contributed by atoms with Gasteiger partial charge in [0.25, 0.3) is 5.56 Å². The summed E-state index contributed by atoms with van der Waals surface area (Å²) in [6.45, 7) is 6.29. The van der Waals surface area contributed by atoms with E-state index in [-0.39, 0.29) is 5.41 Å². The molecule has 35 heavy (non-hydrogen) atoms. The monoisotopic (exact) mass is 475 g/mol. The topological polar surface area (TPSA) is 94.6 Å². The molecule has 0 atom stereocenters. The molecule has 4 rings (SSSR count). The van der Waals surface area contributed by atoms with Crippen molar-refractivity contribution in [2.75, 3.05) is 14.2 Å². The van der Waals surface area contributed by atoms with Gasteiger partial charge in [0.05, 0.1) is 19.8 Å². The molecule has 3 aromatic carbocycles. The van der Waals surface area contributed by atoms with Crippen LogP contribution in [0.15, 0.2) is 64.3 Å². The fourth-order valence-corrected chi connectivity index (χ4v) is 4.09. The van der Waals surface area contributed by atoms with E-state index in [0.717, 1.165) is 33.2 Å². The van der Waals surface area contributed by atoms with Crippen LogP contribution >= 0.6 is 0 Å². The van der Waals surface area contributed by atoms with Crippen molar-refractivity contribution in [3.8, 4) is 33.8 Å². The molecule has 1 heterocycles. The van der Waals surface area contributed by atoms with Crippen molar-refractivity contribution in [2.45, 2.75) is 26.2 Å². The van der Waals surface area contributed by atoms with Crippen molar-refractivity contribution in [3.63, 3.8) is 0 Å². The second kappa shape index (κ2) is 9.40. The van der Waals surface area contributed by atoms with E-state index >= 15 is 0 Å². The summed E-state index contributed by atoms with van der Waals surface area (Å²) in [5.74, 6) is 1.36. The summed E-state index contributed by atoms with van der Waals surface area (Å²) in [4.78, 5) is 37.1. The predicted octanol–water partition coefficient (Wildman–Crippen LogP) is 4.31. The van der Waals surface area contributed by atoms with Gasteiger partial charge in [-0.2, -0.15) is 0 Å². The molecule has 182 valence electrons. The van der Waals surface area contributed by atoms with E-state index in [2.05, 4.69) is 37.5 Å². The maximum atomic E-state index is 12.7. The highest BCUT2D eigenvalue weighted by Gasteiger charge is 2.24. The highest BCUT2D eigenvalue weighted by atomic mass is 16.9. The van der Waals surface area contributed by atoms with Gasteiger partial charge in [-0.05, 0) is 63.3 Å². The first kappa shape index (κ1) is 24.3. The number of benzene rings is 3. The maximum Gasteiger partial charge on any atom is 0.328 e. The van der Waals surface area contributed by atoms with Crippen molar-refractivity contribution in [1.82, 2.24) is 15.2 Å². The molecule has 0 spiro atoms. The van der Waals surface area contributed by atoms with Crippen LogP contribution < -0.4 is 26.5 Å². The molecule has 1 aromatic heterocycles. The van der Waals surface area contributed by atoms with Crippen LogP contribution in [0.25, 0.3) is 33.0 Å². The molecular weight excluding hydrogens is 446 g/mol. The van der Waals surface area contributed by atoms with Gasteiger partial charge in [0, 0.05) is 24.4 Å². The second-order valence-corrected chi connectivity index (χ2v) is 9.38. The average Bonchev–Trinajstić information content (AvgIpc) is 2.83. The Morgan fingerprint density at radius 2 is 1.60 bits per heavy atom. The number of nitrogens with one attached hydrogen (secondary N) is 2. The van der Waals surface area contributed by atoms with Crippen LogP contribution in [0.5, 0.6) is 11.5 Å². The molecule has 8 nitrogen and oxygen atoms in total. The molecule has 0 unspecified atom stereocenters. The average molecular weight is 476 g/mol. The number of hydrogen-bond acceptors (Lipinski definition) is 6. The van der Waals surface area contributed by atoms with Gasteiger partial charge >= 0.3 is 5.69 Å². The Morgan fingerprint density at radius 1 is 0.886 bits per heavy atom. The maximum absolute atomic E-state index is 12.7. The number of aryl methyl sites for hydroxylation is 1. The van der Waals surface area contributed by atoms with E-state index in [4.69, 9.17) is 14.4 Å². The van der Waals surface area contributed by atoms with Gasteiger partial charge in [-0.1, -0.05) is 39.0 Å². The Bertz CT molecular complexity index is 1510. The fourth-order valence-electron chi connectivity index (χ4n) is 4.09.